The van der Waals surface area contributed by atoms with Gasteiger partial charge in [-0.05, 0) is 42.0 Å². The first kappa shape index (κ1) is 17.7. The third-order valence-electron chi connectivity index (χ3n) is 3.17. The van der Waals surface area contributed by atoms with Crippen molar-refractivity contribution in [2.75, 3.05) is 5.32 Å². The monoisotopic (exact) mass is 353 g/mol. The van der Waals surface area contributed by atoms with Gasteiger partial charge in [0.15, 0.2) is 5.11 Å². The Labute approximate surface area is 141 Å². The molecule has 0 heterocycles. The average molecular weight is 353 g/mol. The van der Waals surface area contributed by atoms with E-state index in [0.717, 1.165) is 12.1 Å². The number of nitrogens with one attached hydrogen (secondary N) is 2. The minimum absolute atomic E-state index is 0.133. The van der Waals surface area contributed by atoms with Crippen molar-refractivity contribution in [2.24, 2.45) is 5.73 Å². The molecule has 0 bridgehead atoms. The summed E-state index contributed by atoms with van der Waals surface area (Å²) in [6, 6.07) is 11.4. The standard InChI is InChI=1S/C16H14F3N3OS/c17-16(18,19)11-5-3-6-12(8-11)22-15(24)21-9-10-4-1-2-7-13(10)14(20)23/h1-8H,9H2,(H2,20,23)(H2,21,22,24). The van der Waals surface area contributed by atoms with Crippen LogP contribution in [0.4, 0.5) is 18.9 Å². The van der Waals surface area contributed by atoms with Crippen molar-refractivity contribution in [2.45, 2.75) is 12.7 Å². The molecule has 0 atom stereocenters. The number of thiocarbonyl (C=S) groups is 1. The maximum atomic E-state index is 12.7. The molecule has 0 aromatic heterocycles. The Bertz CT molecular complexity index is 762. The minimum atomic E-state index is -4.42. The molecule has 0 spiro atoms. The number of anilines is 1. The summed E-state index contributed by atoms with van der Waals surface area (Å²) >= 11 is 5.06. The molecular formula is C16H14F3N3OS. The number of alkyl halides is 3. The molecule has 2 aromatic rings. The van der Waals surface area contributed by atoms with Crippen LogP contribution in [-0.2, 0) is 12.7 Å². The summed E-state index contributed by atoms with van der Waals surface area (Å²) in [6.07, 6.45) is -4.42. The molecular weight excluding hydrogens is 339 g/mol. The average Bonchev–Trinajstić information content (AvgIpc) is 2.52. The molecule has 0 unspecified atom stereocenters. The van der Waals surface area contributed by atoms with Crippen LogP contribution in [0.15, 0.2) is 48.5 Å². The van der Waals surface area contributed by atoms with Gasteiger partial charge in [0.25, 0.3) is 0 Å². The minimum Gasteiger partial charge on any atom is -0.366 e. The second kappa shape index (κ2) is 7.31. The molecule has 126 valence electrons. The second-order valence-electron chi connectivity index (χ2n) is 4.91. The lowest BCUT2D eigenvalue weighted by Gasteiger charge is -2.13. The van der Waals surface area contributed by atoms with Gasteiger partial charge < -0.3 is 16.4 Å². The van der Waals surface area contributed by atoms with Gasteiger partial charge in [0.2, 0.25) is 5.91 Å². The maximum Gasteiger partial charge on any atom is 0.416 e. The third kappa shape index (κ3) is 4.69. The fourth-order valence-corrected chi connectivity index (χ4v) is 2.23. The van der Waals surface area contributed by atoms with E-state index in [-0.39, 0.29) is 17.3 Å². The number of halogens is 3. The first-order chi connectivity index (χ1) is 11.3. The van der Waals surface area contributed by atoms with Crippen molar-refractivity contribution in [1.82, 2.24) is 5.32 Å². The molecule has 0 aliphatic rings. The number of benzene rings is 2. The lowest BCUT2D eigenvalue weighted by molar-refractivity contribution is -0.137. The number of hydrogen-bond donors (Lipinski definition) is 3. The SMILES string of the molecule is NC(=O)c1ccccc1CNC(=S)Nc1cccc(C(F)(F)F)c1. The van der Waals surface area contributed by atoms with Crippen LogP contribution in [0.25, 0.3) is 0 Å². The number of hydrogen-bond acceptors (Lipinski definition) is 2. The van der Waals surface area contributed by atoms with Gasteiger partial charge in [-0.2, -0.15) is 13.2 Å². The van der Waals surface area contributed by atoms with Crippen LogP contribution in [0.5, 0.6) is 0 Å². The first-order valence-corrected chi connectivity index (χ1v) is 7.28. The Balaban J connectivity index is 2.01. The van der Waals surface area contributed by atoms with Crippen LogP contribution in [0.2, 0.25) is 0 Å². The van der Waals surface area contributed by atoms with Crippen LogP contribution in [0.3, 0.4) is 0 Å². The van der Waals surface area contributed by atoms with Crippen LogP contribution in [0.1, 0.15) is 21.5 Å². The molecule has 0 aliphatic carbocycles. The highest BCUT2D eigenvalue weighted by atomic mass is 32.1. The van der Waals surface area contributed by atoms with Gasteiger partial charge in [0.05, 0.1) is 5.56 Å². The fraction of sp³-hybridized carbons (Fsp3) is 0.125. The summed E-state index contributed by atoms with van der Waals surface area (Å²) in [6.45, 7) is 0.212. The smallest absolute Gasteiger partial charge is 0.366 e. The number of rotatable bonds is 4. The normalized spacial score (nSPS) is 11.0. The molecule has 2 aromatic carbocycles. The lowest BCUT2D eigenvalue weighted by atomic mass is 10.1. The quantitative estimate of drug-likeness (QED) is 0.738. The van der Waals surface area contributed by atoms with E-state index < -0.39 is 17.6 Å². The zero-order valence-corrected chi connectivity index (χ0v) is 13.2. The summed E-state index contributed by atoms with van der Waals surface area (Å²) in [5, 5.41) is 5.64. The molecule has 0 radical (unpaired) electrons. The maximum absolute atomic E-state index is 12.7. The highest BCUT2D eigenvalue weighted by Gasteiger charge is 2.30. The summed E-state index contributed by atoms with van der Waals surface area (Å²) in [5.41, 5.74) is 5.72. The Kier molecular flexibility index (Phi) is 5.40. The Morgan fingerprint density at radius 3 is 2.50 bits per heavy atom. The highest BCUT2D eigenvalue weighted by molar-refractivity contribution is 7.80. The molecule has 8 heteroatoms. The van der Waals surface area contributed by atoms with E-state index in [1.807, 2.05) is 0 Å². The van der Waals surface area contributed by atoms with Gasteiger partial charge in [-0.15, -0.1) is 0 Å². The Morgan fingerprint density at radius 2 is 1.83 bits per heavy atom. The molecule has 4 nitrogen and oxygen atoms in total. The number of primary amides is 1. The number of nitrogens with two attached hydrogens (primary N) is 1. The Morgan fingerprint density at radius 1 is 1.12 bits per heavy atom. The van der Waals surface area contributed by atoms with Crippen LogP contribution < -0.4 is 16.4 Å². The number of carbonyl (C=O) groups excluding carboxylic acids is 1. The number of amides is 1. The van der Waals surface area contributed by atoms with E-state index in [0.29, 0.717) is 11.1 Å². The summed E-state index contributed by atoms with van der Waals surface area (Å²) in [5.74, 6) is -0.566. The van der Waals surface area contributed by atoms with Gasteiger partial charge in [0.1, 0.15) is 0 Å². The van der Waals surface area contributed by atoms with Crippen LogP contribution in [-0.4, -0.2) is 11.0 Å². The predicted molar refractivity (Wildman–Crippen MR) is 89.5 cm³/mol. The zero-order chi connectivity index (χ0) is 17.7. The van der Waals surface area contributed by atoms with E-state index in [4.69, 9.17) is 18.0 Å². The lowest BCUT2D eigenvalue weighted by Crippen LogP contribution is -2.29. The predicted octanol–water partition coefficient (Wildman–Crippen LogP) is 3.29. The molecule has 0 fully saturated rings. The zero-order valence-electron chi connectivity index (χ0n) is 12.4. The van der Waals surface area contributed by atoms with Gasteiger partial charge in [-0.3, -0.25) is 4.79 Å². The molecule has 0 saturated carbocycles. The topological polar surface area (TPSA) is 67.2 Å². The molecule has 0 aliphatic heterocycles. The summed E-state index contributed by atoms with van der Waals surface area (Å²) in [7, 11) is 0. The van der Waals surface area contributed by atoms with Gasteiger partial charge in [-0.25, -0.2) is 0 Å². The second-order valence-corrected chi connectivity index (χ2v) is 5.32. The third-order valence-corrected chi connectivity index (χ3v) is 3.42. The summed E-state index contributed by atoms with van der Waals surface area (Å²) in [4.78, 5) is 11.3. The van der Waals surface area contributed by atoms with Crippen molar-refractivity contribution in [3.05, 3.63) is 65.2 Å². The molecule has 2 rings (SSSR count). The van der Waals surface area contributed by atoms with Gasteiger partial charge >= 0.3 is 6.18 Å². The molecule has 24 heavy (non-hydrogen) atoms. The molecule has 1 amide bonds. The Hall–Kier alpha value is -2.61. The fourth-order valence-electron chi connectivity index (χ4n) is 2.04. The number of carbonyl (C=O) groups is 1. The van der Waals surface area contributed by atoms with Gasteiger partial charge in [-0.1, -0.05) is 24.3 Å². The van der Waals surface area contributed by atoms with Crippen LogP contribution in [0, 0.1) is 0 Å². The van der Waals surface area contributed by atoms with E-state index in [1.165, 1.54) is 12.1 Å². The summed E-state index contributed by atoms with van der Waals surface area (Å²) < 4.78 is 38.0. The van der Waals surface area contributed by atoms with Crippen molar-refractivity contribution in [3.8, 4) is 0 Å². The van der Waals surface area contributed by atoms with Crippen molar-refractivity contribution >= 4 is 28.9 Å². The largest absolute Gasteiger partial charge is 0.416 e. The van der Waals surface area contributed by atoms with E-state index >= 15 is 0 Å². The van der Waals surface area contributed by atoms with E-state index in [9.17, 15) is 18.0 Å². The highest BCUT2D eigenvalue weighted by Crippen LogP contribution is 2.30. The molecule has 4 N–H and O–H groups in total. The van der Waals surface area contributed by atoms with Crippen LogP contribution >= 0.6 is 12.2 Å². The first-order valence-electron chi connectivity index (χ1n) is 6.87. The van der Waals surface area contributed by atoms with E-state index in [2.05, 4.69) is 10.6 Å². The van der Waals surface area contributed by atoms with Crippen molar-refractivity contribution < 1.29 is 18.0 Å². The molecule has 0 saturated heterocycles. The van der Waals surface area contributed by atoms with Crippen molar-refractivity contribution in [3.63, 3.8) is 0 Å². The van der Waals surface area contributed by atoms with Crippen molar-refractivity contribution in [1.29, 1.82) is 0 Å². The van der Waals surface area contributed by atoms with E-state index in [1.54, 1.807) is 24.3 Å². The van der Waals surface area contributed by atoms with Gasteiger partial charge in [0, 0.05) is 17.8 Å².